The molecule has 0 saturated carbocycles. The smallest absolute Gasteiger partial charge is 0.306 e. The molecule has 0 bridgehead atoms. The van der Waals surface area contributed by atoms with E-state index in [1.807, 2.05) is 25.1 Å². The third kappa shape index (κ3) is 2.94. The number of ether oxygens (including phenoxy) is 1. The number of fused-ring (bicyclic) bond motifs is 1. The molecule has 5 nitrogen and oxygen atoms in total. The molecular formula is C14H15N3O2S. The summed E-state index contributed by atoms with van der Waals surface area (Å²) in [6.45, 7) is 4.11. The SMILES string of the molecule is CCOC(=O)CCSc1nn2c(C)cccc2c1C#N. The summed E-state index contributed by atoms with van der Waals surface area (Å²) in [5.74, 6) is 0.328. The van der Waals surface area contributed by atoms with Gasteiger partial charge in [0, 0.05) is 11.4 Å². The first-order chi connectivity index (χ1) is 9.67. The Morgan fingerprint density at radius 2 is 2.35 bits per heavy atom. The van der Waals surface area contributed by atoms with Crippen molar-refractivity contribution < 1.29 is 9.53 Å². The van der Waals surface area contributed by atoms with Crippen LogP contribution in [0.1, 0.15) is 24.6 Å². The van der Waals surface area contributed by atoms with Crippen LogP contribution in [0.4, 0.5) is 0 Å². The van der Waals surface area contributed by atoms with Crippen LogP contribution in [-0.2, 0) is 9.53 Å². The second-order valence-corrected chi connectivity index (χ2v) is 5.24. The second-order valence-electron chi connectivity index (χ2n) is 4.16. The molecule has 0 aliphatic heterocycles. The van der Waals surface area contributed by atoms with E-state index in [0.29, 0.717) is 29.4 Å². The van der Waals surface area contributed by atoms with Gasteiger partial charge in [-0.3, -0.25) is 4.79 Å². The molecule has 0 fully saturated rings. The zero-order valence-electron chi connectivity index (χ0n) is 11.4. The van der Waals surface area contributed by atoms with Crippen molar-refractivity contribution in [3.8, 4) is 6.07 Å². The molecule has 2 aromatic heterocycles. The number of hydrogen-bond donors (Lipinski definition) is 0. The predicted molar refractivity (Wildman–Crippen MR) is 76.6 cm³/mol. The molecule has 2 heterocycles. The Balaban J connectivity index is 2.16. The van der Waals surface area contributed by atoms with Gasteiger partial charge in [-0.15, -0.1) is 11.8 Å². The number of carbonyl (C=O) groups excluding carboxylic acids is 1. The summed E-state index contributed by atoms with van der Waals surface area (Å²) in [6, 6.07) is 7.90. The van der Waals surface area contributed by atoms with Crippen LogP contribution >= 0.6 is 11.8 Å². The van der Waals surface area contributed by atoms with E-state index in [0.717, 1.165) is 11.2 Å². The van der Waals surface area contributed by atoms with E-state index in [4.69, 9.17) is 4.74 Å². The van der Waals surface area contributed by atoms with Crippen molar-refractivity contribution in [3.63, 3.8) is 0 Å². The lowest BCUT2D eigenvalue weighted by Gasteiger charge is -2.00. The highest BCUT2D eigenvalue weighted by molar-refractivity contribution is 7.99. The quantitative estimate of drug-likeness (QED) is 0.625. The van der Waals surface area contributed by atoms with Crippen LogP contribution in [0.5, 0.6) is 0 Å². The average molecular weight is 289 g/mol. The molecule has 0 radical (unpaired) electrons. The highest BCUT2D eigenvalue weighted by Gasteiger charge is 2.14. The van der Waals surface area contributed by atoms with Crippen LogP contribution in [0.3, 0.4) is 0 Å². The maximum absolute atomic E-state index is 11.3. The molecule has 0 saturated heterocycles. The van der Waals surface area contributed by atoms with Crippen LogP contribution in [0.15, 0.2) is 23.2 Å². The van der Waals surface area contributed by atoms with Crippen LogP contribution in [0.2, 0.25) is 0 Å². The molecule has 20 heavy (non-hydrogen) atoms. The Hall–Kier alpha value is -2.00. The fraction of sp³-hybridized carbons (Fsp3) is 0.357. The number of nitrogens with zero attached hydrogens (tertiary/aromatic N) is 3. The molecule has 0 aliphatic carbocycles. The van der Waals surface area contributed by atoms with Gasteiger partial charge in [0.05, 0.1) is 18.5 Å². The van der Waals surface area contributed by atoms with Crippen LogP contribution in [-0.4, -0.2) is 27.9 Å². The van der Waals surface area contributed by atoms with E-state index in [1.165, 1.54) is 11.8 Å². The number of esters is 1. The van der Waals surface area contributed by atoms with E-state index in [2.05, 4.69) is 11.2 Å². The van der Waals surface area contributed by atoms with Crippen molar-refractivity contribution in [3.05, 3.63) is 29.5 Å². The van der Waals surface area contributed by atoms with E-state index in [1.54, 1.807) is 11.4 Å². The minimum atomic E-state index is -0.224. The number of pyridine rings is 1. The van der Waals surface area contributed by atoms with Gasteiger partial charge in [0.15, 0.2) is 0 Å². The van der Waals surface area contributed by atoms with Gasteiger partial charge in [-0.1, -0.05) is 6.07 Å². The fourth-order valence-electron chi connectivity index (χ4n) is 1.85. The number of aryl methyl sites for hydroxylation is 1. The first-order valence-electron chi connectivity index (χ1n) is 6.34. The molecule has 0 amide bonds. The lowest BCUT2D eigenvalue weighted by atomic mass is 10.2. The zero-order valence-corrected chi connectivity index (χ0v) is 12.2. The van der Waals surface area contributed by atoms with Crippen molar-refractivity contribution >= 4 is 23.2 Å². The van der Waals surface area contributed by atoms with E-state index < -0.39 is 0 Å². The standard InChI is InChI=1S/C14H15N3O2S/c1-3-19-13(18)7-8-20-14-11(9-15)12-6-4-5-10(2)17(12)16-14/h4-6H,3,7-8H2,1-2H3. The highest BCUT2D eigenvalue weighted by atomic mass is 32.2. The molecule has 0 aliphatic rings. The fourth-order valence-corrected chi connectivity index (χ4v) is 2.75. The number of carbonyl (C=O) groups is 1. The molecule has 104 valence electrons. The molecule has 0 aromatic carbocycles. The Bertz CT molecular complexity index is 673. The maximum Gasteiger partial charge on any atom is 0.306 e. The monoisotopic (exact) mass is 289 g/mol. The van der Waals surface area contributed by atoms with E-state index >= 15 is 0 Å². The Labute approximate surface area is 121 Å². The van der Waals surface area contributed by atoms with Gasteiger partial charge in [-0.2, -0.15) is 10.4 Å². The molecule has 2 rings (SSSR count). The Kier molecular flexibility index (Phi) is 4.64. The largest absolute Gasteiger partial charge is 0.466 e. The first kappa shape index (κ1) is 14.4. The van der Waals surface area contributed by atoms with Gasteiger partial charge in [0.25, 0.3) is 0 Å². The summed E-state index contributed by atoms with van der Waals surface area (Å²) in [4.78, 5) is 11.3. The van der Waals surface area contributed by atoms with Crippen molar-refractivity contribution in [2.45, 2.75) is 25.3 Å². The molecule has 0 atom stereocenters. The summed E-state index contributed by atoms with van der Waals surface area (Å²) in [5, 5.41) is 14.4. The van der Waals surface area contributed by atoms with Gasteiger partial charge in [0.2, 0.25) is 0 Å². The Morgan fingerprint density at radius 3 is 3.05 bits per heavy atom. The molecule has 0 unspecified atom stereocenters. The van der Waals surface area contributed by atoms with E-state index in [-0.39, 0.29) is 5.97 Å². The van der Waals surface area contributed by atoms with Crippen LogP contribution in [0, 0.1) is 18.3 Å². The van der Waals surface area contributed by atoms with Crippen molar-refractivity contribution in [1.29, 1.82) is 5.26 Å². The third-order valence-corrected chi connectivity index (χ3v) is 3.74. The molecule has 6 heteroatoms. The number of thioether (sulfide) groups is 1. The summed E-state index contributed by atoms with van der Waals surface area (Å²) >= 11 is 1.40. The van der Waals surface area contributed by atoms with Crippen LogP contribution < -0.4 is 0 Å². The van der Waals surface area contributed by atoms with Gasteiger partial charge < -0.3 is 4.74 Å². The zero-order chi connectivity index (χ0) is 14.5. The topological polar surface area (TPSA) is 67.4 Å². The first-order valence-corrected chi connectivity index (χ1v) is 7.32. The van der Waals surface area contributed by atoms with E-state index in [9.17, 15) is 10.1 Å². The molecular weight excluding hydrogens is 274 g/mol. The number of hydrogen-bond acceptors (Lipinski definition) is 5. The summed E-state index contributed by atoms with van der Waals surface area (Å²) in [7, 11) is 0. The third-order valence-electron chi connectivity index (χ3n) is 2.78. The molecule has 0 spiro atoms. The summed E-state index contributed by atoms with van der Waals surface area (Å²) in [5.41, 5.74) is 2.32. The second kappa shape index (κ2) is 6.44. The minimum Gasteiger partial charge on any atom is -0.466 e. The summed E-state index contributed by atoms with van der Waals surface area (Å²) in [6.07, 6.45) is 0.316. The van der Waals surface area contributed by atoms with Crippen LogP contribution in [0.25, 0.3) is 5.52 Å². The minimum absolute atomic E-state index is 0.224. The van der Waals surface area contributed by atoms with Gasteiger partial charge in [0.1, 0.15) is 16.7 Å². The van der Waals surface area contributed by atoms with Crippen molar-refractivity contribution in [2.24, 2.45) is 0 Å². The molecule has 0 N–H and O–H groups in total. The Morgan fingerprint density at radius 1 is 1.55 bits per heavy atom. The predicted octanol–water partition coefficient (Wildman–Crippen LogP) is 2.56. The molecule has 2 aromatic rings. The lowest BCUT2D eigenvalue weighted by molar-refractivity contribution is -0.142. The van der Waals surface area contributed by atoms with Crippen molar-refractivity contribution in [2.75, 3.05) is 12.4 Å². The lowest BCUT2D eigenvalue weighted by Crippen LogP contribution is -2.04. The average Bonchev–Trinajstić information content (AvgIpc) is 2.78. The number of rotatable bonds is 5. The van der Waals surface area contributed by atoms with Gasteiger partial charge >= 0.3 is 5.97 Å². The highest BCUT2D eigenvalue weighted by Crippen LogP contribution is 2.26. The van der Waals surface area contributed by atoms with Gasteiger partial charge in [-0.25, -0.2) is 4.52 Å². The number of aromatic nitrogens is 2. The summed E-state index contributed by atoms with van der Waals surface area (Å²) < 4.78 is 6.63. The maximum atomic E-state index is 11.3. The van der Waals surface area contributed by atoms with Gasteiger partial charge in [-0.05, 0) is 26.0 Å². The number of nitriles is 1. The normalized spacial score (nSPS) is 10.4. The van der Waals surface area contributed by atoms with Crippen molar-refractivity contribution in [1.82, 2.24) is 9.61 Å².